The average Bonchev–Trinajstić information content (AvgIpc) is 2.34. The molecule has 1 aliphatic rings. The highest BCUT2D eigenvalue weighted by Gasteiger charge is 2.24. The van der Waals surface area contributed by atoms with Crippen LogP contribution in [-0.2, 0) is 4.74 Å². The molecule has 0 spiro atoms. The summed E-state index contributed by atoms with van der Waals surface area (Å²) in [6.45, 7) is 11.9. The number of hydrogen-bond donors (Lipinski definition) is 1. The Morgan fingerprint density at radius 1 is 1.25 bits per heavy atom. The van der Waals surface area contributed by atoms with Crippen LogP contribution in [0.3, 0.4) is 0 Å². The summed E-state index contributed by atoms with van der Waals surface area (Å²) in [5, 5.41) is 3.63. The number of piperazine rings is 1. The molecular weight excluding hydrogens is 200 g/mol. The van der Waals surface area contributed by atoms with Crippen molar-refractivity contribution in [1.29, 1.82) is 0 Å². The molecule has 1 saturated heterocycles. The number of hydrogen-bond acceptors (Lipinski definition) is 3. The van der Waals surface area contributed by atoms with Gasteiger partial charge in [-0.05, 0) is 26.2 Å². The molecule has 0 amide bonds. The molecule has 0 aromatic heterocycles. The van der Waals surface area contributed by atoms with Crippen molar-refractivity contribution in [3.05, 3.63) is 0 Å². The van der Waals surface area contributed by atoms with E-state index in [0.717, 1.165) is 25.8 Å². The monoisotopic (exact) mass is 228 g/mol. The van der Waals surface area contributed by atoms with Crippen molar-refractivity contribution in [3.63, 3.8) is 0 Å². The maximum absolute atomic E-state index is 5.40. The topological polar surface area (TPSA) is 24.5 Å². The maximum Gasteiger partial charge on any atom is 0.0478 e. The number of nitrogens with zero attached hydrogens (tertiary/aromatic N) is 1. The molecule has 1 N–H and O–H groups in total. The summed E-state index contributed by atoms with van der Waals surface area (Å²) in [4.78, 5) is 2.64. The Hall–Kier alpha value is -0.120. The van der Waals surface area contributed by atoms with Crippen molar-refractivity contribution in [2.45, 2.75) is 52.1 Å². The van der Waals surface area contributed by atoms with Gasteiger partial charge in [0, 0.05) is 44.9 Å². The van der Waals surface area contributed by atoms with Gasteiger partial charge in [0.25, 0.3) is 0 Å². The van der Waals surface area contributed by atoms with E-state index in [2.05, 4.69) is 31.0 Å². The predicted molar refractivity (Wildman–Crippen MR) is 68.8 cm³/mol. The largest absolute Gasteiger partial charge is 0.382 e. The second kappa shape index (κ2) is 8.04. The lowest BCUT2D eigenvalue weighted by atomic mass is 10.1. The summed E-state index contributed by atoms with van der Waals surface area (Å²) in [6.07, 6.45) is 3.65. The van der Waals surface area contributed by atoms with Crippen LogP contribution in [-0.4, -0.2) is 49.8 Å². The van der Waals surface area contributed by atoms with Gasteiger partial charge in [-0.3, -0.25) is 4.90 Å². The Balaban J connectivity index is 2.27. The standard InChI is InChI=1S/C13H28N2O/c1-4-12-11-15(8-7-9-16-6-3)13(5-2)10-14-12/h12-14H,4-11H2,1-3H3. The summed E-state index contributed by atoms with van der Waals surface area (Å²) in [5.41, 5.74) is 0. The Morgan fingerprint density at radius 2 is 2.06 bits per heavy atom. The van der Waals surface area contributed by atoms with E-state index < -0.39 is 0 Å². The van der Waals surface area contributed by atoms with E-state index in [1.54, 1.807) is 0 Å². The summed E-state index contributed by atoms with van der Waals surface area (Å²) in [7, 11) is 0. The quantitative estimate of drug-likeness (QED) is 0.673. The highest BCUT2D eigenvalue weighted by Crippen LogP contribution is 2.12. The smallest absolute Gasteiger partial charge is 0.0478 e. The fourth-order valence-corrected chi connectivity index (χ4v) is 2.39. The molecule has 0 aromatic rings. The van der Waals surface area contributed by atoms with E-state index >= 15 is 0 Å². The SMILES string of the molecule is CCOCCCN1CC(CC)NCC1CC. The predicted octanol–water partition coefficient (Wildman–Crippen LogP) is 1.88. The van der Waals surface area contributed by atoms with Gasteiger partial charge in [0.15, 0.2) is 0 Å². The molecule has 3 heteroatoms. The van der Waals surface area contributed by atoms with Crippen molar-refractivity contribution in [3.8, 4) is 0 Å². The third-order valence-electron chi connectivity index (χ3n) is 3.52. The lowest BCUT2D eigenvalue weighted by molar-refractivity contribution is 0.0947. The summed E-state index contributed by atoms with van der Waals surface area (Å²) >= 11 is 0. The van der Waals surface area contributed by atoms with Crippen LogP contribution in [0.5, 0.6) is 0 Å². The van der Waals surface area contributed by atoms with Gasteiger partial charge in [0.05, 0.1) is 0 Å². The van der Waals surface area contributed by atoms with E-state index in [1.165, 1.54) is 32.4 Å². The minimum absolute atomic E-state index is 0.690. The fraction of sp³-hybridized carbons (Fsp3) is 1.00. The number of rotatable bonds is 7. The molecule has 3 nitrogen and oxygen atoms in total. The summed E-state index contributed by atoms with van der Waals surface area (Å²) in [6, 6.07) is 1.42. The van der Waals surface area contributed by atoms with E-state index in [0.29, 0.717) is 6.04 Å². The third-order valence-corrected chi connectivity index (χ3v) is 3.52. The first-order valence-corrected chi connectivity index (χ1v) is 6.86. The first-order chi connectivity index (χ1) is 7.81. The molecule has 1 heterocycles. The Labute approximate surface area is 101 Å². The third kappa shape index (κ3) is 4.40. The van der Waals surface area contributed by atoms with Gasteiger partial charge < -0.3 is 10.1 Å². The Morgan fingerprint density at radius 3 is 2.69 bits per heavy atom. The molecule has 16 heavy (non-hydrogen) atoms. The van der Waals surface area contributed by atoms with Gasteiger partial charge in [0.1, 0.15) is 0 Å². The average molecular weight is 228 g/mol. The molecule has 2 unspecified atom stereocenters. The van der Waals surface area contributed by atoms with Crippen molar-refractivity contribution >= 4 is 0 Å². The molecule has 96 valence electrons. The van der Waals surface area contributed by atoms with Crippen LogP contribution >= 0.6 is 0 Å². The van der Waals surface area contributed by atoms with Crippen LogP contribution in [0.2, 0.25) is 0 Å². The highest BCUT2D eigenvalue weighted by atomic mass is 16.5. The van der Waals surface area contributed by atoms with Gasteiger partial charge in [-0.15, -0.1) is 0 Å². The summed E-state index contributed by atoms with van der Waals surface area (Å²) < 4.78 is 5.40. The van der Waals surface area contributed by atoms with Gasteiger partial charge in [-0.25, -0.2) is 0 Å². The van der Waals surface area contributed by atoms with Crippen molar-refractivity contribution < 1.29 is 4.74 Å². The molecule has 0 saturated carbocycles. The minimum Gasteiger partial charge on any atom is -0.382 e. The lowest BCUT2D eigenvalue weighted by Gasteiger charge is -2.40. The fourth-order valence-electron chi connectivity index (χ4n) is 2.39. The van der Waals surface area contributed by atoms with Crippen molar-refractivity contribution in [1.82, 2.24) is 10.2 Å². The van der Waals surface area contributed by atoms with Crippen LogP contribution < -0.4 is 5.32 Å². The van der Waals surface area contributed by atoms with E-state index in [9.17, 15) is 0 Å². The highest BCUT2D eigenvalue weighted by molar-refractivity contribution is 4.84. The normalized spacial score (nSPS) is 27.2. The zero-order valence-corrected chi connectivity index (χ0v) is 11.2. The molecule has 1 fully saturated rings. The molecule has 1 rings (SSSR count). The second-order valence-electron chi connectivity index (χ2n) is 4.62. The van der Waals surface area contributed by atoms with Gasteiger partial charge in [0.2, 0.25) is 0 Å². The lowest BCUT2D eigenvalue weighted by Crippen LogP contribution is -2.56. The Kier molecular flexibility index (Phi) is 7.01. The second-order valence-corrected chi connectivity index (χ2v) is 4.62. The van der Waals surface area contributed by atoms with Gasteiger partial charge >= 0.3 is 0 Å². The van der Waals surface area contributed by atoms with Crippen LogP contribution in [0.25, 0.3) is 0 Å². The zero-order chi connectivity index (χ0) is 11.8. The van der Waals surface area contributed by atoms with E-state index in [-0.39, 0.29) is 0 Å². The molecule has 0 bridgehead atoms. The van der Waals surface area contributed by atoms with Crippen LogP contribution in [0.15, 0.2) is 0 Å². The van der Waals surface area contributed by atoms with E-state index in [1.807, 2.05) is 0 Å². The van der Waals surface area contributed by atoms with Gasteiger partial charge in [-0.1, -0.05) is 13.8 Å². The van der Waals surface area contributed by atoms with Crippen molar-refractivity contribution in [2.75, 3.05) is 32.8 Å². The number of nitrogens with one attached hydrogen (secondary N) is 1. The summed E-state index contributed by atoms with van der Waals surface area (Å²) in [5.74, 6) is 0. The molecule has 0 aliphatic carbocycles. The van der Waals surface area contributed by atoms with Gasteiger partial charge in [-0.2, -0.15) is 0 Å². The van der Waals surface area contributed by atoms with E-state index in [4.69, 9.17) is 4.74 Å². The molecule has 2 atom stereocenters. The zero-order valence-electron chi connectivity index (χ0n) is 11.2. The molecule has 0 aromatic carbocycles. The minimum atomic E-state index is 0.690. The van der Waals surface area contributed by atoms with Crippen molar-refractivity contribution in [2.24, 2.45) is 0 Å². The van der Waals surface area contributed by atoms with Crippen LogP contribution in [0, 0.1) is 0 Å². The Bertz CT molecular complexity index is 175. The first kappa shape index (κ1) is 13.9. The maximum atomic E-state index is 5.40. The first-order valence-electron chi connectivity index (χ1n) is 6.86. The molecule has 0 radical (unpaired) electrons. The number of ether oxygens (including phenoxy) is 1. The van der Waals surface area contributed by atoms with Crippen LogP contribution in [0.4, 0.5) is 0 Å². The molecule has 1 aliphatic heterocycles. The molecular formula is C13H28N2O. The van der Waals surface area contributed by atoms with Crippen LogP contribution in [0.1, 0.15) is 40.0 Å².